The van der Waals surface area contributed by atoms with Gasteiger partial charge >= 0.3 is 0 Å². The lowest BCUT2D eigenvalue weighted by Crippen LogP contribution is -2.19. The number of ether oxygens (including phenoxy) is 1. The largest absolute Gasteiger partial charge is 0.375 e. The molecule has 0 spiro atoms. The van der Waals surface area contributed by atoms with Gasteiger partial charge in [-0.25, -0.2) is 13.2 Å². The summed E-state index contributed by atoms with van der Waals surface area (Å²) in [5, 5.41) is 1.94. The second-order valence-electron chi connectivity index (χ2n) is 4.80. The quantitative estimate of drug-likeness (QED) is 0.641. The highest BCUT2D eigenvalue weighted by Gasteiger charge is 2.20. The molecular weight excluding hydrogens is 307 g/mol. The molecule has 0 saturated carbocycles. The predicted molar refractivity (Wildman–Crippen MR) is 73.4 cm³/mol. The van der Waals surface area contributed by atoms with Gasteiger partial charge in [0, 0.05) is 24.3 Å². The molecule has 0 radical (unpaired) electrons. The molecule has 1 N–H and O–H groups in total. The Morgan fingerprint density at radius 2 is 2.10 bits per heavy atom. The summed E-state index contributed by atoms with van der Waals surface area (Å²) in [6.07, 6.45) is -1.42. The first-order valence-electron chi connectivity index (χ1n) is 6.59. The third kappa shape index (κ3) is 4.35. The smallest absolute Gasteiger partial charge is 0.261 e. The van der Waals surface area contributed by atoms with E-state index in [-0.39, 0.29) is 18.9 Å². The van der Waals surface area contributed by atoms with Crippen LogP contribution in [-0.2, 0) is 16.0 Å². The molecule has 0 aliphatic carbocycles. The van der Waals surface area contributed by atoms with Gasteiger partial charge in [-0.3, -0.25) is 4.79 Å². The third-order valence-corrected chi connectivity index (χ3v) is 3.67. The minimum Gasteiger partial charge on any atom is -0.375 e. The van der Waals surface area contributed by atoms with E-state index in [1.165, 1.54) is 6.07 Å². The number of carbonyl (C=O) groups is 1. The molecule has 0 aromatic heterocycles. The molecule has 116 valence electrons. The van der Waals surface area contributed by atoms with E-state index in [2.05, 4.69) is 5.32 Å². The minimum atomic E-state index is -2.53. The van der Waals surface area contributed by atoms with Gasteiger partial charge in [0.15, 0.2) is 0 Å². The van der Waals surface area contributed by atoms with E-state index in [1.54, 1.807) is 6.07 Å². The van der Waals surface area contributed by atoms with E-state index in [1.807, 2.05) is 0 Å². The van der Waals surface area contributed by atoms with Crippen LogP contribution < -0.4 is 5.32 Å². The lowest BCUT2D eigenvalue weighted by atomic mass is 9.98. The number of alkyl halides is 3. The van der Waals surface area contributed by atoms with E-state index < -0.39 is 24.2 Å². The SMILES string of the molecule is O=C1CCc2cc(C(Cl)CCOCC(F)F)c(F)cc2N1. The molecule has 1 aromatic carbocycles. The average Bonchev–Trinajstić information content (AvgIpc) is 2.42. The van der Waals surface area contributed by atoms with Crippen LogP contribution >= 0.6 is 11.6 Å². The number of hydrogen-bond donors (Lipinski definition) is 1. The van der Waals surface area contributed by atoms with Crippen molar-refractivity contribution < 1.29 is 22.7 Å². The van der Waals surface area contributed by atoms with Crippen LogP contribution in [0.25, 0.3) is 0 Å². The van der Waals surface area contributed by atoms with Crippen LogP contribution in [0.5, 0.6) is 0 Å². The number of rotatable bonds is 6. The van der Waals surface area contributed by atoms with Gasteiger partial charge in [-0.05, 0) is 30.5 Å². The first kappa shape index (κ1) is 16.1. The molecular formula is C14H15ClF3NO2. The maximum atomic E-state index is 14.0. The van der Waals surface area contributed by atoms with Gasteiger partial charge in [0.2, 0.25) is 5.91 Å². The van der Waals surface area contributed by atoms with Crippen molar-refractivity contribution in [3.8, 4) is 0 Å². The van der Waals surface area contributed by atoms with Gasteiger partial charge in [0.25, 0.3) is 6.43 Å². The second kappa shape index (κ2) is 7.13. The number of hydrogen-bond acceptors (Lipinski definition) is 2. The predicted octanol–water partition coefficient (Wildman–Crippen LogP) is 3.66. The summed E-state index contributed by atoms with van der Waals surface area (Å²) in [4.78, 5) is 11.2. The molecule has 21 heavy (non-hydrogen) atoms. The summed E-state index contributed by atoms with van der Waals surface area (Å²) in [6, 6.07) is 2.87. The van der Waals surface area contributed by atoms with Crippen molar-refractivity contribution >= 4 is 23.2 Å². The summed E-state index contributed by atoms with van der Waals surface area (Å²) in [5.74, 6) is -0.665. The molecule has 3 nitrogen and oxygen atoms in total. The summed E-state index contributed by atoms with van der Waals surface area (Å²) in [6.45, 7) is -0.617. The Morgan fingerprint density at radius 1 is 1.33 bits per heavy atom. The van der Waals surface area contributed by atoms with E-state index >= 15 is 0 Å². The van der Waals surface area contributed by atoms with Crippen LogP contribution in [0.3, 0.4) is 0 Å². The molecule has 1 aliphatic rings. The van der Waals surface area contributed by atoms with Crippen LogP contribution in [-0.4, -0.2) is 25.5 Å². The minimum absolute atomic E-state index is 0.0335. The Balaban J connectivity index is 2.01. The highest BCUT2D eigenvalue weighted by molar-refractivity contribution is 6.20. The van der Waals surface area contributed by atoms with Crippen molar-refractivity contribution in [3.05, 3.63) is 29.1 Å². The maximum Gasteiger partial charge on any atom is 0.261 e. The molecule has 1 aromatic rings. The summed E-state index contributed by atoms with van der Waals surface area (Å²) in [5.41, 5.74) is 1.59. The summed E-state index contributed by atoms with van der Waals surface area (Å²) >= 11 is 6.10. The first-order chi connectivity index (χ1) is 9.97. The molecule has 1 aliphatic heterocycles. The molecule has 0 fully saturated rings. The Kier molecular flexibility index (Phi) is 5.47. The van der Waals surface area contributed by atoms with Crippen molar-refractivity contribution in [1.82, 2.24) is 0 Å². The number of benzene rings is 1. The first-order valence-corrected chi connectivity index (χ1v) is 7.03. The number of fused-ring (bicyclic) bond motifs is 1. The summed E-state index contributed by atoms with van der Waals surface area (Å²) < 4.78 is 42.6. The van der Waals surface area contributed by atoms with E-state index in [0.29, 0.717) is 24.1 Å². The van der Waals surface area contributed by atoms with Crippen molar-refractivity contribution in [1.29, 1.82) is 0 Å². The van der Waals surface area contributed by atoms with Gasteiger partial charge < -0.3 is 10.1 Å². The number of carbonyl (C=O) groups excluding carboxylic acids is 1. The Labute approximate surface area is 125 Å². The van der Waals surface area contributed by atoms with Crippen LogP contribution in [0, 0.1) is 5.82 Å². The Bertz CT molecular complexity index is 525. The molecule has 0 bridgehead atoms. The van der Waals surface area contributed by atoms with Crippen LogP contribution in [0.15, 0.2) is 12.1 Å². The van der Waals surface area contributed by atoms with Gasteiger partial charge in [-0.1, -0.05) is 0 Å². The van der Waals surface area contributed by atoms with Crippen molar-refractivity contribution in [3.63, 3.8) is 0 Å². The van der Waals surface area contributed by atoms with Gasteiger partial charge in [-0.2, -0.15) is 0 Å². The number of nitrogens with one attached hydrogen (secondary N) is 1. The molecule has 0 saturated heterocycles. The Morgan fingerprint density at radius 3 is 2.81 bits per heavy atom. The van der Waals surface area contributed by atoms with Gasteiger partial charge in [0.1, 0.15) is 12.4 Å². The zero-order valence-corrected chi connectivity index (χ0v) is 11.9. The number of amides is 1. The fraction of sp³-hybridized carbons (Fsp3) is 0.500. The van der Waals surface area contributed by atoms with Crippen LogP contribution in [0.4, 0.5) is 18.9 Å². The highest BCUT2D eigenvalue weighted by Crippen LogP contribution is 2.32. The second-order valence-corrected chi connectivity index (χ2v) is 5.33. The zero-order valence-electron chi connectivity index (χ0n) is 11.2. The van der Waals surface area contributed by atoms with Crippen LogP contribution in [0.2, 0.25) is 0 Å². The highest BCUT2D eigenvalue weighted by atomic mass is 35.5. The molecule has 1 atom stereocenters. The topological polar surface area (TPSA) is 38.3 Å². The molecule has 2 rings (SSSR count). The molecule has 1 unspecified atom stereocenters. The number of halogens is 4. The summed E-state index contributed by atoms with van der Waals surface area (Å²) in [7, 11) is 0. The standard InChI is InChI=1S/C14H15ClF3NO2/c15-10(3-4-21-7-13(17)18)9-5-8-1-2-14(20)19-12(8)6-11(9)16/h5-6,10,13H,1-4,7H2,(H,19,20). The Hall–Kier alpha value is -1.27. The molecule has 7 heteroatoms. The third-order valence-electron chi connectivity index (χ3n) is 3.21. The monoisotopic (exact) mass is 321 g/mol. The molecule has 1 heterocycles. The fourth-order valence-electron chi connectivity index (χ4n) is 2.18. The lowest BCUT2D eigenvalue weighted by Gasteiger charge is -2.20. The van der Waals surface area contributed by atoms with E-state index in [9.17, 15) is 18.0 Å². The lowest BCUT2D eigenvalue weighted by molar-refractivity contribution is -0.116. The van der Waals surface area contributed by atoms with Crippen molar-refractivity contribution in [2.24, 2.45) is 0 Å². The normalized spacial score (nSPS) is 15.8. The number of anilines is 1. The van der Waals surface area contributed by atoms with Crippen molar-refractivity contribution in [2.45, 2.75) is 31.1 Å². The van der Waals surface area contributed by atoms with Gasteiger partial charge in [-0.15, -0.1) is 11.6 Å². The van der Waals surface area contributed by atoms with Crippen LogP contribution in [0.1, 0.15) is 29.3 Å². The van der Waals surface area contributed by atoms with E-state index in [4.69, 9.17) is 16.3 Å². The average molecular weight is 322 g/mol. The van der Waals surface area contributed by atoms with Crippen molar-refractivity contribution in [2.75, 3.05) is 18.5 Å². The van der Waals surface area contributed by atoms with E-state index in [0.717, 1.165) is 5.56 Å². The maximum absolute atomic E-state index is 14.0. The number of aryl methyl sites for hydroxylation is 1. The molecule has 1 amide bonds. The zero-order chi connectivity index (χ0) is 15.4. The fourth-order valence-corrected chi connectivity index (χ4v) is 2.43. The van der Waals surface area contributed by atoms with Gasteiger partial charge in [0.05, 0.1) is 5.38 Å².